The Morgan fingerprint density at radius 3 is 2.67 bits per heavy atom. The fraction of sp³-hybridized carbons (Fsp3) is 1.00. The van der Waals surface area contributed by atoms with E-state index in [1.54, 1.807) is 0 Å². The summed E-state index contributed by atoms with van der Waals surface area (Å²) in [6.07, 6.45) is 4.31. The molecule has 0 radical (unpaired) electrons. The van der Waals surface area contributed by atoms with Crippen molar-refractivity contribution in [2.45, 2.75) is 58.2 Å². The van der Waals surface area contributed by atoms with Gasteiger partial charge in [0, 0.05) is 31.2 Å². The van der Waals surface area contributed by atoms with Gasteiger partial charge in [0.1, 0.15) is 0 Å². The van der Waals surface area contributed by atoms with Crippen LogP contribution in [-0.4, -0.2) is 50.3 Å². The molecule has 0 spiro atoms. The van der Waals surface area contributed by atoms with Crippen molar-refractivity contribution in [2.75, 3.05) is 27.2 Å². The van der Waals surface area contributed by atoms with E-state index in [4.69, 9.17) is 4.74 Å². The lowest BCUT2D eigenvalue weighted by Gasteiger charge is -2.53. The number of nitrogens with one attached hydrogen (secondary N) is 1. The van der Waals surface area contributed by atoms with Crippen LogP contribution >= 0.6 is 0 Å². The maximum atomic E-state index is 5.53. The Hall–Kier alpha value is -0.120. The number of nitrogens with zero attached hydrogens (tertiary/aromatic N) is 1. The minimum Gasteiger partial charge on any atom is -0.381 e. The summed E-state index contributed by atoms with van der Waals surface area (Å²) in [7, 11) is 4.08. The van der Waals surface area contributed by atoms with Crippen LogP contribution in [-0.2, 0) is 4.74 Å². The van der Waals surface area contributed by atoms with Gasteiger partial charge in [0.2, 0.25) is 0 Å². The number of ether oxygens (including phenoxy) is 1. The molecule has 0 aromatic rings. The number of rotatable bonds is 4. The van der Waals surface area contributed by atoms with Gasteiger partial charge in [0.05, 0.1) is 6.10 Å². The fourth-order valence-electron chi connectivity index (χ4n) is 3.64. The quantitative estimate of drug-likeness (QED) is 0.832. The van der Waals surface area contributed by atoms with Gasteiger partial charge < -0.3 is 15.0 Å². The molecule has 3 nitrogen and oxygen atoms in total. The molecule has 2 rings (SSSR count). The summed E-state index contributed by atoms with van der Waals surface area (Å²) < 4.78 is 5.53. The normalized spacial score (nSPS) is 38.2. The van der Waals surface area contributed by atoms with Crippen LogP contribution in [0.2, 0.25) is 0 Å². The van der Waals surface area contributed by atoms with E-state index >= 15 is 0 Å². The smallest absolute Gasteiger partial charge is 0.0652 e. The lowest BCUT2D eigenvalue weighted by atomic mass is 9.64. The minimum absolute atomic E-state index is 0.281. The van der Waals surface area contributed by atoms with Crippen LogP contribution in [0.4, 0.5) is 0 Å². The van der Waals surface area contributed by atoms with Crippen molar-refractivity contribution in [3.8, 4) is 0 Å². The Morgan fingerprint density at radius 1 is 1.39 bits per heavy atom. The predicted octanol–water partition coefficient (Wildman–Crippen LogP) is 2.12. The van der Waals surface area contributed by atoms with Gasteiger partial charge in [-0.25, -0.2) is 0 Å². The fourth-order valence-corrected chi connectivity index (χ4v) is 3.64. The maximum Gasteiger partial charge on any atom is 0.0652 e. The third kappa shape index (κ3) is 2.73. The topological polar surface area (TPSA) is 24.5 Å². The molecule has 2 aliphatic rings. The highest BCUT2D eigenvalue weighted by atomic mass is 16.5. The van der Waals surface area contributed by atoms with Crippen molar-refractivity contribution in [2.24, 2.45) is 11.3 Å². The van der Waals surface area contributed by atoms with Gasteiger partial charge in [-0.05, 0) is 45.7 Å². The first-order valence-corrected chi connectivity index (χ1v) is 7.42. The molecule has 0 aromatic carbocycles. The molecule has 106 valence electrons. The van der Waals surface area contributed by atoms with Crippen LogP contribution in [0.1, 0.15) is 40.0 Å². The van der Waals surface area contributed by atoms with Crippen molar-refractivity contribution >= 4 is 0 Å². The second-order valence-electron chi connectivity index (χ2n) is 6.95. The van der Waals surface area contributed by atoms with E-state index in [2.05, 4.69) is 38.0 Å². The van der Waals surface area contributed by atoms with Crippen LogP contribution < -0.4 is 5.32 Å². The lowest BCUT2D eigenvalue weighted by Crippen LogP contribution is -2.63. The highest BCUT2D eigenvalue weighted by Crippen LogP contribution is 2.42. The molecule has 0 aromatic heterocycles. The standard InChI is InChI=1S/C15H30N2O/c1-11(12-7-6-8-17(4)10-12)16-13-9-14(18-5)15(13,2)3/h11-14,16H,6-10H2,1-5H3. The van der Waals surface area contributed by atoms with Crippen molar-refractivity contribution in [1.29, 1.82) is 0 Å². The molecule has 1 heterocycles. The SMILES string of the molecule is COC1CC(NC(C)C2CCCN(C)C2)C1(C)C. The first-order valence-electron chi connectivity index (χ1n) is 7.42. The van der Waals surface area contributed by atoms with Gasteiger partial charge in [-0.2, -0.15) is 0 Å². The van der Waals surface area contributed by atoms with E-state index in [9.17, 15) is 0 Å². The van der Waals surface area contributed by atoms with E-state index < -0.39 is 0 Å². The summed E-state index contributed by atoms with van der Waals surface area (Å²) in [6, 6.07) is 1.24. The van der Waals surface area contributed by atoms with E-state index in [1.807, 2.05) is 7.11 Å². The average molecular weight is 254 g/mol. The van der Waals surface area contributed by atoms with Crippen LogP contribution in [0.25, 0.3) is 0 Å². The first kappa shape index (κ1) is 14.3. The largest absolute Gasteiger partial charge is 0.381 e. The van der Waals surface area contributed by atoms with E-state index in [-0.39, 0.29) is 5.41 Å². The van der Waals surface area contributed by atoms with Crippen molar-refractivity contribution in [3.05, 3.63) is 0 Å². The minimum atomic E-state index is 0.281. The Morgan fingerprint density at radius 2 is 2.11 bits per heavy atom. The van der Waals surface area contributed by atoms with Crippen LogP contribution in [0.3, 0.4) is 0 Å². The predicted molar refractivity (Wildman–Crippen MR) is 75.8 cm³/mol. The summed E-state index contributed by atoms with van der Waals surface area (Å²) in [4.78, 5) is 2.47. The van der Waals surface area contributed by atoms with E-state index in [1.165, 1.54) is 25.9 Å². The number of methoxy groups -OCH3 is 1. The average Bonchev–Trinajstić information content (AvgIpc) is 2.33. The third-order valence-electron chi connectivity index (χ3n) is 5.29. The van der Waals surface area contributed by atoms with E-state index in [0.29, 0.717) is 18.2 Å². The third-order valence-corrected chi connectivity index (χ3v) is 5.29. The molecule has 1 saturated carbocycles. The molecule has 1 aliphatic carbocycles. The molecule has 1 aliphatic heterocycles. The zero-order chi connectivity index (χ0) is 13.3. The van der Waals surface area contributed by atoms with Gasteiger partial charge >= 0.3 is 0 Å². The second kappa shape index (κ2) is 5.48. The first-order chi connectivity index (χ1) is 8.45. The molecule has 4 unspecified atom stereocenters. The molecule has 0 bridgehead atoms. The molecule has 1 N–H and O–H groups in total. The highest BCUT2D eigenvalue weighted by Gasteiger charge is 2.49. The zero-order valence-electron chi connectivity index (χ0n) is 12.7. The Balaban J connectivity index is 1.83. The monoisotopic (exact) mass is 254 g/mol. The molecule has 0 amide bonds. The molecule has 1 saturated heterocycles. The van der Waals surface area contributed by atoms with Crippen molar-refractivity contribution in [1.82, 2.24) is 10.2 Å². The molecule has 3 heteroatoms. The Labute approximate surface area is 112 Å². The van der Waals surface area contributed by atoms with Crippen molar-refractivity contribution in [3.63, 3.8) is 0 Å². The van der Waals surface area contributed by atoms with Crippen LogP contribution in [0.5, 0.6) is 0 Å². The van der Waals surface area contributed by atoms with Crippen LogP contribution in [0.15, 0.2) is 0 Å². The van der Waals surface area contributed by atoms with E-state index in [0.717, 1.165) is 12.3 Å². The summed E-state index contributed by atoms with van der Waals surface area (Å²) in [5.74, 6) is 0.807. The lowest BCUT2D eigenvalue weighted by molar-refractivity contribution is -0.102. The number of likely N-dealkylation sites (tertiary alicyclic amines) is 1. The Kier molecular flexibility index (Phi) is 4.35. The summed E-state index contributed by atoms with van der Waals surface area (Å²) in [5.41, 5.74) is 0.281. The summed E-state index contributed by atoms with van der Waals surface area (Å²) >= 11 is 0. The van der Waals surface area contributed by atoms with Gasteiger partial charge in [0.25, 0.3) is 0 Å². The van der Waals surface area contributed by atoms with Crippen molar-refractivity contribution < 1.29 is 4.74 Å². The second-order valence-corrected chi connectivity index (χ2v) is 6.95. The van der Waals surface area contributed by atoms with Crippen LogP contribution in [0, 0.1) is 11.3 Å². The molecular weight excluding hydrogens is 224 g/mol. The number of piperidine rings is 1. The molecule has 2 fully saturated rings. The molecular formula is C15H30N2O. The van der Waals surface area contributed by atoms with Gasteiger partial charge in [-0.15, -0.1) is 0 Å². The van der Waals surface area contributed by atoms with Gasteiger partial charge in [-0.1, -0.05) is 13.8 Å². The number of hydrogen-bond acceptors (Lipinski definition) is 3. The molecule has 4 atom stereocenters. The maximum absolute atomic E-state index is 5.53. The Bertz CT molecular complexity index is 280. The highest BCUT2D eigenvalue weighted by molar-refractivity contribution is 5.03. The summed E-state index contributed by atoms with van der Waals surface area (Å²) in [6.45, 7) is 9.52. The van der Waals surface area contributed by atoms with Gasteiger partial charge in [0.15, 0.2) is 0 Å². The number of hydrogen-bond donors (Lipinski definition) is 1. The molecule has 18 heavy (non-hydrogen) atoms. The zero-order valence-corrected chi connectivity index (χ0v) is 12.7. The summed E-state index contributed by atoms with van der Waals surface area (Å²) in [5, 5.41) is 3.85. The van der Waals surface area contributed by atoms with Gasteiger partial charge in [-0.3, -0.25) is 0 Å².